The number of unbranched alkanes of at least 4 members (excludes halogenated alkanes) is 11. The summed E-state index contributed by atoms with van der Waals surface area (Å²) in [6, 6.07) is 12.0. The Balaban J connectivity index is 1.36. The first-order chi connectivity index (χ1) is 19.1. The number of carbonyl (C=O) groups is 1. The molecule has 2 aromatic rings. The van der Waals surface area contributed by atoms with Crippen LogP contribution in [0.3, 0.4) is 0 Å². The number of carbonyl (C=O) groups excluding carboxylic acids is 1. The number of hydrogen-bond acceptors (Lipinski definition) is 4. The highest BCUT2D eigenvalue weighted by molar-refractivity contribution is 8.02. The molecule has 0 saturated heterocycles. The molecule has 0 aromatic heterocycles. The molecule has 214 valence electrons. The maximum Gasteiger partial charge on any atom is 0.323 e. The number of urea groups is 1. The van der Waals surface area contributed by atoms with E-state index in [0.717, 1.165) is 30.8 Å². The third-order valence-corrected chi connectivity index (χ3v) is 7.97. The van der Waals surface area contributed by atoms with Crippen LogP contribution < -0.4 is 15.4 Å². The lowest BCUT2D eigenvalue weighted by molar-refractivity contribution is 0.261. The van der Waals surface area contributed by atoms with Crippen LogP contribution in [-0.2, 0) is 6.54 Å². The molecule has 0 spiro atoms. The van der Waals surface area contributed by atoms with Gasteiger partial charge in [-0.15, -0.1) is 11.8 Å². The Labute approximate surface area is 239 Å². The van der Waals surface area contributed by atoms with E-state index in [1.165, 1.54) is 76.0 Å². The minimum Gasteiger partial charge on any atom is -0.488 e. The van der Waals surface area contributed by atoms with Crippen LogP contribution in [0.25, 0.3) is 0 Å². The summed E-state index contributed by atoms with van der Waals surface area (Å²) >= 11 is 1.78. The molecule has 5 nitrogen and oxygen atoms in total. The summed E-state index contributed by atoms with van der Waals surface area (Å²) in [5.41, 5.74) is 3.38. The normalized spacial score (nSPS) is 12.9. The van der Waals surface area contributed by atoms with Crippen molar-refractivity contribution in [2.45, 2.75) is 97.4 Å². The standard InChI is InChI=1S/C32H46FN3O2S/c1-3-4-5-6-7-8-9-10-11-12-13-14-21-38-31-29(33)19-16-20-30(31)35-32(37)34-28-18-15-17-27(22-28)23-36-25-39-24-26(36)2/h15-20,22,24H,3-14,21,23,25H2,1-2H3,(H2,34,35,37). The topological polar surface area (TPSA) is 53.6 Å². The molecule has 0 saturated carbocycles. The molecule has 7 heteroatoms. The number of hydrogen-bond donors (Lipinski definition) is 2. The Morgan fingerprint density at radius 1 is 0.923 bits per heavy atom. The molecule has 0 aliphatic carbocycles. The zero-order chi connectivity index (χ0) is 27.7. The fourth-order valence-electron chi connectivity index (χ4n) is 4.72. The molecule has 0 bridgehead atoms. The molecular weight excluding hydrogens is 509 g/mol. The first kappa shape index (κ1) is 30.9. The van der Waals surface area contributed by atoms with Gasteiger partial charge in [0.2, 0.25) is 0 Å². The van der Waals surface area contributed by atoms with E-state index in [4.69, 9.17) is 4.74 Å². The number of allylic oxidation sites excluding steroid dienone is 1. The van der Waals surface area contributed by atoms with E-state index in [2.05, 4.69) is 34.8 Å². The molecule has 0 atom stereocenters. The molecule has 0 unspecified atom stereocenters. The Morgan fingerprint density at radius 3 is 2.26 bits per heavy atom. The van der Waals surface area contributed by atoms with E-state index >= 15 is 0 Å². The van der Waals surface area contributed by atoms with E-state index in [9.17, 15) is 9.18 Å². The van der Waals surface area contributed by atoms with Gasteiger partial charge in [-0.2, -0.15) is 0 Å². The molecular formula is C32H46FN3O2S. The van der Waals surface area contributed by atoms with Crippen molar-refractivity contribution in [1.29, 1.82) is 0 Å². The number of benzene rings is 2. The van der Waals surface area contributed by atoms with Crippen LogP contribution in [0, 0.1) is 5.82 Å². The molecule has 3 rings (SSSR count). The maximum absolute atomic E-state index is 14.5. The predicted molar refractivity (Wildman–Crippen MR) is 164 cm³/mol. The van der Waals surface area contributed by atoms with Crippen LogP contribution in [0.1, 0.15) is 96.5 Å². The third kappa shape index (κ3) is 11.5. The van der Waals surface area contributed by atoms with Gasteiger partial charge in [0.05, 0.1) is 18.2 Å². The van der Waals surface area contributed by atoms with E-state index in [-0.39, 0.29) is 5.75 Å². The van der Waals surface area contributed by atoms with Gasteiger partial charge in [0.15, 0.2) is 11.6 Å². The van der Waals surface area contributed by atoms with Crippen LogP contribution in [0.4, 0.5) is 20.6 Å². The van der Waals surface area contributed by atoms with E-state index in [1.54, 1.807) is 23.9 Å². The van der Waals surface area contributed by atoms with E-state index < -0.39 is 11.8 Å². The van der Waals surface area contributed by atoms with Gasteiger partial charge in [-0.05, 0) is 48.6 Å². The summed E-state index contributed by atoms with van der Waals surface area (Å²) in [5.74, 6) is 0.560. The van der Waals surface area contributed by atoms with Crippen molar-refractivity contribution in [3.8, 4) is 5.75 Å². The SMILES string of the molecule is CCCCCCCCCCCCCCOc1c(F)cccc1NC(=O)Nc1cccc(CN2CSC=C2C)c1. The molecule has 2 N–H and O–H groups in total. The summed E-state index contributed by atoms with van der Waals surface area (Å²) in [6.07, 6.45) is 15.1. The maximum atomic E-state index is 14.5. The number of halogens is 1. The quantitative estimate of drug-likeness (QED) is 0.180. The minimum absolute atomic E-state index is 0.0956. The van der Waals surface area contributed by atoms with Gasteiger partial charge in [0.1, 0.15) is 0 Å². The lowest BCUT2D eigenvalue weighted by Crippen LogP contribution is -2.21. The lowest BCUT2D eigenvalue weighted by Gasteiger charge is -2.19. The van der Waals surface area contributed by atoms with Crippen LogP contribution in [0.5, 0.6) is 5.75 Å². The van der Waals surface area contributed by atoms with Gasteiger partial charge in [-0.3, -0.25) is 0 Å². The lowest BCUT2D eigenvalue weighted by atomic mass is 10.1. The molecule has 2 amide bonds. The fraction of sp³-hybridized carbons (Fsp3) is 0.531. The number of nitrogens with zero attached hydrogens (tertiary/aromatic N) is 1. The summed E-state index contributed by atoms with van der Waals surface area (Å²) in [6.45, 7) is 5.57. The number of ether oxygens (including phenoxy) is 1. The highest BCUT2D eigenvalue weighted by Crippen LogP contribution is 2.29. The zero-order valence-electron chi connectivity index (χ0n) is 23.8. The summed E-state index contributed by atoms with van der Waals surface area (Å²) in [5, 5.41) is 7.78. The molecule has 1 heterocycles. The number of amides is 2. The number of nitrogens with one attached hydrogen (secondary N) is 2. The summed E-state index contributed by atoms with van der Waals surface area (Å²) < 4.78 is 20.3. The van der Waals surface area contributed by atoms with Crippen molar-refractivity contribution in [2.24, 2.45) is 0 Å². The van der Waals surface area contributed by atoms with E-state index in [0.29, 0.717) is 18.0 Å². The zero-order valence-corrected chi connectivity index (χ0v) is 24.6. The molecule has 0 fully saturated rings. The number of rotatable bonds is 18. The highest BCUT2D eigenvalue weighted by atomic mass is 32.2. The van der Waals surface area contributed by atoms with Crippen molar-refractivity contribution in [3.63, 3.8) is 0 Å². The van der Waals surface area contributed by atoms with Gasteiger partial charge >= 0.3 is 6.03 Å². The molecule has 0 radical (unpaired) electrons. The van der Waals surface area contributed by atoms with Gasteiger partial charge in [-0.25, -0.2) is 9.18 Å². The second kappa shape index (κ2) is 17.8. The number of para-hydroxylation sites is 1. The van der Waals surface area contributed by atoms with Crippen LogP contribution in [0.2, 0.25) is 0 Å². The first-order valence-electron chi connectivity index (χ1n) is 14.7. The average Bonchev–Trinajstić information content (AvgIpc) is 3.32. The largest absolute Gasteiger partial charge is 0.488 e. The van der Waals surface area contributed by atoms with Gasteiger partial charge < -0.3 is 20.3 Å². The second-order valence-corrected chi connectivity index (χ2v) is 11.2. The van der Waals surface area contributed by atoms with Crippen molar-refractivity contribution in [3.05, 3.63) is 65.0 Å². The Bertz CT molecular complexity index is 1050. The Hall–Kier alpha value is -2.67. The van der Waals surface area contributed by atoms with Crippen LogP contribution >= 0.6 is 11.8 Å². The molecule has 39 heavy (non-hydrogen) atoms. The van der Waals surface area contributed by atoms with Gasteiger partial charge in [-0.1, -0.05) is 95.8 Å². The Morgan fingerprint density at radius 2 is 1.59 bits per heavy atom. The average molecular weight is 556 g/mol. The highest BCUT2D eigenvalue weighted by Gasteiger charge is 2.14. The number of anilines is 2. The Kier molecular flexibility index (Phi) is 14.1. The minimum atomic E-state index is -0.472. The van der Waals surface area contributed by atoms with Crippen LogP contribution in [0.15, 0.2) is 53.6 Å². The third-order valence-electron chi connectivity index (χ3n) is 7.00. The molecule has 2 aromatic carbocycles. The van der Waals surface area contributed by atoms with Crippen LogP contribution in [-0.4, -0.2) is 23.4 Å². The van der Waals surface area contributed by atoms with Gasteiger partial charge in [0.25, 0.3) is 0 Å². The monoisotopic (exact) mass is 555 g/mol. The number of thioether (sulfide) groups is 1. The second-order valence-electron chi connectivity index (χ2n) is 10.4. The first-order valence-corrected chi connectivity index (χ1v) is 15.7. The van der Waals surface area contributed by atoms with E-state index in [1.807, 2.05) is 24.3 Å². The van der Waals surface area contributed by atoms with Crippen molar-refractivity contribution in [2.75, 3.05) is 23.1 Å². The fourth-order valence-corrected chi connectivity index (χ4v) is 5.66. The summed E-state index contributed by atoms with van der Waals surface area (Å²) in [7, 11) is 0. The van der Waals surface area contributed by atoms with Crippen molar-refractivity contribution in [1.82, 2.24) is 4.90 Å². The molecule has 1 aliphatic heterocycles. The predicted octanol–water partition coefficient (Wildman–Crippen LogP) is 9.92. The molecule has 1 aliphatic rings. The smallest absolute Gasteiger partial charge is 0.323 e. The van der Waals surface area contributed by atoms with Gasteiger partial charge in [0, 0.05) is 17.9 Å². The van der Waals surface area contributed by atoms with Crippen molar-refractivity contribution < 1.29 is 13.9 Å². The van der Waals surface area contributed by atoms with Crippen molar-refractivity contribution >= 4 is 29.2 Å². The summed E-state index contributed by atoms with van der Waals surface area (Å²) in [4.78, 5) is 15.0.